The number of aromatic nitrogens is 1. The molecular weight excluding hydrogens is 358 g/mol. The van der Waals surface area contributed by atoms with Crippen molar-refractivity contribution in [3.05, 3.63) is 17.8 Å². The summed E-state index contributed by atoms with van der Waals surface area (Å²) in [5.74, 6) is -1.63. The van der Waals surface area contributed by atoms with Crippen molar-refractivity contribution in [1.29, 1.82) is 0 Å². The van der Waals surface area contributed by atoms with Gasteiger partial charge in [0.15, 0.2) is 5.75 Å². The van der Waals surface area contributed by atoms with Crippen LogP contribution < -0.4 is 25.8 Å². The van der Waals surface area contributed by atoms with Crippen molar-refractivity contribution < 1.29 is 28.7 Å². The number of imide groups is 3. The van der Waals surface area contributed by atoms with Gasteiger partial charge in [0.2, 0.25) is 0 Å². The summed E-state index contributed by atoms with van der Waals surface area (Å²) in [5, 5.41) is 4.91. The number of pyridine rings is 1. The Bertz CT molecular complexity index is 709. The molecule has 1 aromatic rings. The van der Waals surface area contributed by atoms with E-state index in [0.717, 1.165) is 0 Å². The summed E-state index contributed by atoms with van der Waals surface area (Å²) in [6.45, 7) is 5.29. The van der Waals surface area contributed by atoms with E-state index in [2.05, 4.69) is 15.6 Å². The van der Waals surface area contributed by atoms with Gasteiger partial charge in [0, 0.05) is 25.4 Å². The van der Waals surface area contributed by atoms with Crippen LogP contribution in [-0.2, 0) is 4.79 Å². The highest BCUT2D eigenvalue weighted by molar-refractivity contribution is 6.09. The van der Waals surface area contributed by atoms with Crippen LogP contribution in [0.15, 0.2) is 12.3 Å². The lowest BCUT2D eigenvalue weighted by Crippen LogP contribution is -2.50. The maximum atomic E-state index is 12.3. The van der Waals surface area contributed by atoms with Crippen molar-refractivity contribution >= 4 is 23.9 Å². The fraction of sp³-hybridized carbons (Fsp3) is 0.438. The highest BCUT2D eigenvalue weighted by Gasteiger charge is 2.30. The van der Waals surface area contributed by atoms with Crippen molar-refractivity contribution in [1.82, 2.24) is 20.5 Å². The number of rotatable bonds is 7. The van der Waals surface area contributed by atoms with Gasteiger partial charge in [-0.05, 0) is 20.8 Å². The van der Waals surface area contributed by atoms with Gasteiger partial charge in [0.1, 0.15) is 0 Å². The molecule has 0 radical (unpaired) electrons. The summed E-state index contributed by atoms with van der Waals surface area (Å²) >= 11 is 0. The van der Waals surface area contributed by atoms with E-state index < -0.39 is 24.6 Å². The van der Waals surface area contributed by atoms with E-state index in [1.807, 2.05) is 0 Å². The largest absolute Gasteiger partial charge is 0.488 e. The molecule has 0 unspecified atom stereocenters. The van der Waals surface area contributed by atoms with Crippen LogP contribution in [0.5, 0.6) is 11.6 Å². The molecule has 5 amide bonds. The van der Waals surface area contributed by atoms with Gasteiger partial charge in [-0.15, -0.1) is 0 Å². The predicted octanol–water partition coefficient (Wildman–Crippen LogP) is 0.246. The fourth-order valence-electron chi connectivity index (χ4n) is 1.90. The third-order valence-electron chi connectivity index (χ3n) is 3.04. The third-order valence-corrected chi connectivity index (χ3v) is 3.04. The summed E-state index contributed by atoms with van der Waals surface area (Å²) < 4.78 is 10.4. The molecule has 0 fully saturated rings. The van der Waals surface area contributed by atoms with Crippen molar-refractivity contribution in [2.45, 2.75) is 20.8 Å². The van der Waals surface area contributed by atoms with Crippen LogP contribution in [0.4, 0.5) is 9.59 Å². The summed E-state index contributed by atoms with van der Waals surface area (Å²) in [4.78, 5) is 52.1. The maximum Gasteiger partial charge on any atom is 0.432 e. The molecule has 1 heterocycles. The SMILES string of the molecule is CCNC(=O)c1cnc(OC(=O)N(C(=O)CN)C(=O)NCC)c(OCC)c1. The number of nitrogens with zero attached hydrogens (tertiary/aromatic N) is 2. The van der Waals surface area contributed by atoms with Crippen molar-refractivity contribution in [3.63, 3.8) is 0 Å². The first-order valence-corrected chi connectivity index (χ1v) is 8.33. The van der Waals surface area contributed by atoms with Gasteiger partial charge in [0.25, 0.3) is 17.7 Å². The number of hydrogen-bond acceptors (Lipinski definition) is 8. The van der Waals surface area contributed by atoms with E-state index in [4.69, 9.17) is 15.2 Å². The van der Waals surface area contributed by atoms with Gasteiger partial charge < -0.3 is 25.8 Å². The average Bonchev–Trinajstić information content (AvgIpc) is 2.63. The molecule has 0 aliphatic heterocycles. The Morgan fingerprint density at radius 1 is 1.15 bits per heavy atom. The normalized spacial score (nSPS) is 9.93. The van der Waals surface area contributed by atoms with Gasteiger partial charge >= 0.3 is 12.1 Å². The van der Waals surface area contributed by atoms with E-state index in [1.54, 1.807) is 20.8 Å². The summed E-state index contributed by atoms with van der Waals surface area (Å²) in [6.07, 6.45) is -0.118. The quantitative estimate of drug-likeness (QED) is 0.607. The lowest BCUT2D eigenvalue weighted by Gasteiger charge is -2.18. The molecular formula is C16H23N5O6. The zero-order valence-electron chi connectivity index (χ0n) is 15.4. The zero-order valence-corrected chi connectivity index (χ0v) is 15.4. The minimum atomic E-state index is -1.30. The number of nitrogens with two attached hydrogens (primary N) is 1. The molecule has 0 bridgehead atoms. The molecule has 0 saturated heterocycles. The minimum Gasteiger partial charge on any atom is -0.488 e. The van der Waals surface area contributed by atoms with Crippen LogP contribution >= 0.6 is 0 Å². The van der Waals surface area contributed by atoms with Gasteiger partial charge in [-0.2, -0.15) is 4.90 Å². The van der Waals surface area contributed by atoms with Crippen LogP contribution in [0.3, 0.4) is 0 Å². The second kappa shape index (κ2) is 10.7. The second-order valence-electron chi connectivity index (χ2n) is 4.96. The Morgan fingerprint density at radius 2 is 1.81 bits per heavy atom. The smallest absolute Gasteiger partial charge is 0.432 e. The Morgan fingerprint density at radius 3 is 2.37 bits per heavy atom. The highest BCUT2D eigenvalue weighted by atomic mass is 16.6. The van der Waals surface area contributed by atoms with E-state index in [9.17, 15) is 19.2 Å². The average molecular weight is 381 g/mol. The molecule has 11 heteroatoms. The maximum absolute atomic E-state index is 12.3. The van der Waals surface area contributed by atoms with Gasteiger partial charge in [0.05, 0.1) is 18.7 Å². The van der Waals surface area contributed by atoms with Crippen LogP contribution in [0.25, 0.3) is 0 Å². The lowest BCUT2D eigenvalue weighted by atomic mass is 10.2. The van der Waals surface area contributed by atoms with Crippen LogP contribution in [0.1, 0.15) is 31.1 Å². The molecule has 148 valence electrons. The van der Waals surface area contributed by atoms with Gasteiger partial charge in [-0.25, -0.2) is 14.6 Å². The van der Waals surface area contributed by atoms with Crippen LogP contribution in [-0.4, -0.2) is 60.1 Å². The van der Waals surface area contributed by atoms with Crippen molar-refractivity contribution in [2.24, 2.45) is 5.73 Å². The summed E-state index contributed by atoms with van der Waals surface area (Å²) in [5.41, 5.74) is 5.43. The van der Waals surface area contributed by atoms with E-state index in [1.165, 1.54) is 12.3 Å². The molecule has 0 spiro atoms. The van der Waals surface area contributed by atoms with E-state index in [0.29, 0.717) is 6.54 Å². The van der Waals surface area contributed by atoms with Crippen LogP contribution in [0.2, 0.25) is 0 Å². The minimum absolute atomic E-state index is 0.00523. The third kappa shape index (κ3) is 5.92. The number of carbonyl (C=O) groups is 4. The zero-order chi connectivity index (χ0) is 20.4. The van der Waals surface area contributed by atoms with Gasteiger partial charge in [-0.3, -0.25) is 9.59 Å². The first-order valence-electron chi connectivity index (χ1n) is 8.33. The molecule has 11 nitrogen and oxygen atoms in total. The molecule has 1 rings (SSSR count). The standard InChI is InChI=1S/C16H23N5O6/c1-4-18-13(23)10-7-11(26-6-3)14(20-9-10)27-16(25)21(12(22)8-17)15(24)19-5-2/h7,9H,4-6,8,17H2,1-3H3,(H,18,23)(H,19,24). The summed E-state index contributed by atoms with van der Waals surface area (Å²) in [6, 6.07) is 0.362. The Kier molecular flexibility index (Phi) is 8.66. The monoisotopic (exact) mass is 381 g/mol. The first-order chi connectivity index (χ1) is 12.9. The van der Waals surface area contributed by atoms with Crippen LogP contribution in [0, 0.1) is 0 Å². The number of carbonyl (C=O) groups excluding carboxylic acids is 4. The van der Waals surface area contributed by atoms with E-state index >= 15 is 0 Å². The second-order valence-corrected chi connectivity index (χ2v) is 4.96. The number of hydrogen-bond donors (Lipinski definition) is 3. The Hall–Kier alpha value is -3.21. The van der Waals surface area contributed by atoms with E-state index in [-0.39, 0.29) is 41.2 Å². The molecule has 0 aliphatic carbocycles. The number of urea groups is 1. The number of nitrogens with one attached hydrogen (secondary N) is 2. The summed E-state index contributed by atoms with van der Waals surface area (Å²) in [7, 11) is 0. The molecule has 4 N–H and O–H groups in total. The highest BCUT2D eigenvalue weighted by Crippen LogP contribution is 2.26. The molecule has 1 aromatic heterocycles. The fourth-order valence-corrected chi connectivity index (χ4v) is 1.90. The number of amides is 5. The molecule has 0 saturated carbocycles. The molecule has 0 aromatic carbocycles. The lowest BCUT2D eigenvalue weighted by molar-refractivity contribution is -0.125. The Balaban J connectivity index is 3.12. The molecule has 0 atom stereocenters. The molecule has 0 aliphatic rings. The molecule has 27 heavy (non-hydrogen) atoms. The first kappa shape index (κ1) is 21.8. The van der Waals surface area contributed by atoms with Gasteiger partial charge in [-0.1, -0.05) is 0 Å². The Labute approximate surface area is 156 Å². The predicted molar refractivity (Wildman–Crippen MR) is 94.4 cm³/mol. The number of ether oxygens (including phenoxy) is 2. The van der Waals surface area contributed by atoms with Crippen molar-refractivity contribution in [3.8, 4) is 11.6 Å². The van der Waals surface area contributed by atoms with Crippen molar-refractivity contribution in [2.75, 3.05) is 26.2 Å². The topological polar surface area (TPSA) is 153 Å².